The maximum absolute atomic E-state index is 14.9. The van der Waals surface area contributed by atoms with Crippen LogP contribution in [0.25, 0.3) is 5.69 Å². The summed E-state index contributed by atoms with van der Waals surface area (Å²) in [4.78, 5) is 30.5. The summed E-state index contributed by atoms with van der Waals surface area (Å²) in [6, 6.07) is 14.7. The first kappa shape index (κ1) is 27.8. The molecule has 1 aliphatic rings. The summed E-state index contributed by atoms with van der Waals surface area (Å²) < 4.78 is 22.3. The number of carbonyl (C=O) groups excluding carboxylic acids is 2. The van der Waals surface area contributed by atoms with Crippen LogP contribution < -0.4 is 20.7 Å². The van der Waals surface area contributed by atoms with Crippen LogP contribution >= 0.6 is 0 Å². The Bertz CT molecular complexity index is 1600. The van der Waals surface area contributed by atoms with Gasteiger partial charge in [-0.15, -0.1) is 0 Å². The second kappa shape index (κ2) is 11.8. The van der Waals surface area contributed by atoms with E-state index in [-0.39, 0.29) is 23.3 Å². The molecule has 0 spiro atoms. The number of urea groups is 1. The zero-order valence-corrected chi connectivity index (χ0v) is 23.4. The summed E-state index contributed by atoms with van der Waals surface area (Å²) in [5.74, 6) is 0.571. The van der Waals surface area contributed by atoms with Crippen molar-refractivity contribution in [1.82, 2.24) is 19.7 Å². The Morgan fingerprint density at radius 1 is 0.976 bits per heavy atom. The van der Waals surface area contributed by atoms with Gasteiger partial charge in [0.1, 0.15) is 29.0 Å². The molecule has 11 heteroatoms. The quantitative estimate of drug-likeness (QED) is 0.260. The summed E-state index contributed by atoms with van der Waals surface area (Å²) in [5, 5.41) is 12.7. The first-order valence-electron chi connectivity index (χ1n) is 13.3. The second-order valence-electron chi connectivity index (χ2n) is 10.3. The Balaban J connectivity index is 1.30. The highest BCUT2D eigenvalue weighted by Gasteiger charge is 2.19. The number of nitrogens with one attached hydrogen (secondary N) is 3. The fraction of sp³-hybridized carbons (Fsp3) is 0.267. The number of ether oxygens (including phenoxy) is 1. The van der Waals surface area contributed by atoms with E-state index < -0.39 is 11.8 Å². The van der Waals surface area contributed by atoms with Crippen molar-refractivity contribution in [3.05, 3.63) is 83.4 Å². The molecule has 0 fully saturated rings. The molecule has 212 valence electrons. The van der Waals surface area contributed by atoms with Crippen LogP contribution in [-0.2, 0) is 17.8 Å². The van der Waals surface area contributed by atoms with Crippen molar-refractivity contribution in [1.29, 1.82) is 0 Å². The average molecular weight is 558 g/mol. The minimum atomic E-state index is -0.676. The molecule has 0 bridgehead atoms. The van der Waals surface area contributed by atoms with Crippen LogP contribution in [-0.4, -0.2) is 45.2 Å². The minimum absolute atomic E-state index is 0.0171. The molecule has 2 aromatic heterocycles. The van der Waals surface area contributed by atoms with Crippen molar-refractivity contribution < 1.29 is 18.7 Å². The highest BCUT2D eigenvalue weighted by Crippen LogP contribution is 2.28. The first-order valence-corrected chi connectivity index (χ1v) is 13.3. The summed E-state index contributed by atoms with van der Waals surface area (Å²) in [7, 11) is 2.11. The molecule has 5 rings (SSSR count). The van der Waals surface area contributed by atoms with E-state index in [0.29, 0.717) is 17.4 Å². The Labute approximate surface area is 237 Å². The number of benzene rings is 2. The van der Waals surface area contributed by atoms with E-state index in [1.807, 2.05) is 26.0 Å². The molecule has 41 heavy (non-hydrogen) atoms. The number of amides is 3. The summed E-state index contributed by atoms with van der Waals surface area (Å²) in [6.07, 6.45) is 2.41. The maximum atomic E-state index is 14.9. The van der Waals surface area contributed by atoms with Gasteiger partial charge in [-0.3, -0.25) is 10.1 Å². The lowest BCUT2D eigenvalue weighted by Crippen LogP contribution is -2.26. The lowest BCUT2D eigenvalue weighted by Gasteiger charge is -2.25. The molecule has 0 aliphatic carbocycles. The van der Waals surface area contributed by atoms with E-state index in [2.05, 4.69) is 45.0 Å². The molecule has 4 aromatic rings. The standard InChI is InChI=1S/C30H32FN7O3/c1-18(2)27-16-29(38(36-27)22-6-5-21-17-37(4)12-10-20(21)13-22)35-30(40)34-26-8-7-23(14-25(26)31)41-24-9-11-32-28(15-24)33-19(3)39/h5-9,11,13-16,18H,10,12,17H2,1-4H3,(H,32,33,39)(H2,34,35,40). The van der Waals surface area contributed by atoms with Crippen molar-refractivity contribution in [2.75, 3.05) is 29.5 Å². The van der Waals surface area contributed by atoms with Gasteiger partial charge in [-0.1, -0.05) is 19.9 Å². The third-order valence-electron chi connectivity index (χ3n) is 6.66. The summed E-state index contributed by atoms with van der Waals surface area (Å²) >= 11 is 0. The number of anilines is 3. The van der Waals surface area contributed by atoms with Crippen molar-refractivity contribution >= 4 is 29.3 Å². The van der Waals surface area contributed by atoms with E-state index in [1.165, 1.54) is 48.5 Å². The summed E-state index contributed by atoms with van der Waals surface area (Å²) in [5.41, 5.74) is 4.20. The fourth-order valence-electron chi connectivity index (χ4n) is 4.57. The predicted octanol–water partition coefficient (Wildman–Crippen LogP) is 5.91. The van der Waals surface area contributed by atoms with Gasteiger partial charge >= 0.3 is 6.03 Å². The number of hydrogen-bond acceptors (Lipinski definition) is 6. The number of rotatable bonds is 7. The average Bonchev–Trinajstić information content (AvgIpc) is 3.34. The molecule has 3 amide bonds. The largest absolute Gasteiger partial charge is 0.457 e. The van der Waals surface area contributed by atoms with Gasteiger partial charge in [0.15, 0.2) is 0 Å². The molecule has 0 saturated carbocycles. The van der Waals surface area contributed by atoms with E-state index >= 15 is 0 Å². The zero-order chi connectivity index (χ0) is 29.1. The highest BCUT2D eigenvalue weighted by molar-refractivity contribution is 5.99. The van der Waals surface area contributed by atoms with Crippen molar-refractivity contribution in [3.8, 4) is 17.2 Å². The van der Waals surface area contributed by atoms with Crippen LogP contribution in [0.1, 0.15) is 43.5 Å². The van der Waals surface area contributed by atoms with Crippen molar-refractivity contribution in [2.45, 2.75) is 39.7 Å². The maximum Gasteiger partial charge on any atom is 0.324 e. The Morgan fingerprint density at radius 2 is 1.78 bits per heavy atom. The smallest absolute Gasteiger partial charge is 0.324 e. The zero-order valence-electron chi connectivity index (χ0n) is 23.4. The predicted molar refractivity (Wildman–Crippen MR) is 155 cm³/mol. The molecule has 2 aromatic carbocycles. The van der Waals surface area contributed by atoms with Gasteiger partial charge in [-0.05, 0) is 60.8 Å². The minimum Gasteiger partial charge on any atom is -0.457 e. The third-order valence-corrected chi connectivity index (χ3v) is 6.66. The summed E-state index contributed by atoms with van der Waals surface area (Å²) in [6.45, 7) is 7.32. The van der Waals surface area contributed by atoms with Crippen LogP contribution in [0.3, 0.4) is 0 Å². The molecule has 0 atom stereocenters. The van der Waals surface area contributed by atoms with Gasteiger partial charge in [0.25, 0.3) is 0 Å². The van der Waals surface area contributed by atoms with E-state index in [1.54, 1.807) is 10.7 Å². The van der Waals surface area contributed by atoms with E-state index in [9.17, 15) is 14.0 Å². The van der Waals surface area contributed by atoms with Crippen LogP contribution in [0, 0.1) is 5.82 Å². The van der Waals surface area contributed by atoms with Gasteiger partial charge in [-0.25, -0.2) is 18.9 Å². The number of nitrogens with zero attached hydrogens (tertiary/aromatic N) is 4. The molecule has 0 saturated heterocycles. The lowest BCUT2D eigenvalue weighted by molar-refractivity contribution is -0.114. The third kappa shape index (κ3) is 6.69. The first-order chi connectivity index (χ1) is 19.6. The molecular weight excluding hydrogens is 525 g/mol. The van der Waals surface area contributed by atoms with Gasteiger partial charge < -0.3 is 20.3 Å². The topological polar surface area (TPSA) is 113 Å². The van der Waals surface area contributed by atoms with Crippen molar-refractivity contribution in [2.24, 2.45) is 0 Å². The van der Waals surface area contributed by atoms with Crippen LogP contribution in [0.2, 0.25) is 0 Å². The number of halogens is 1. The molecule has 1 aliphatic heterocycles. The Hall–Kier alpha value is -4.77. The fourth-order valence-corrected chi connectivity index (χ4v) is 4.57. The second-order valence-corrected chi connectivity index (χ2v) is 10.3. The van der Waals surface area contributed by atoms with Gasteiger partial charge in [0.05, 0.1) is 17.1 Å². The number of hydrogen-bond donors (Lipinski definition) is 3. The van der Waals surface area contributed by atoms with Crippen LogP contribution in [0.15, 0.2) is 60.8 Å². The monoisotopic (exact) mass is 557 g/mol. The van der Waals surface area contributed by atoms with Gasteiger partial charge in [0.2, 0.25) is 5.91 Å². The molecule has 3 N–H and O–H groups in total. The SMILES string of the molecule is CC(=O)Nc1cc(Oc2ccc(NC(=O)Nc3cc(C(C)C)nn3-c3ccc4c(c3)CCN(C)C4)c(F)c2)ccn1. The Kier molecular flexibility index (Phi) is 7.97. The molecule has 3 heterocycles. The molecule has 0 unspecified atom stereocenters. The normalized spacial score (nSPS) is 13.0. The van der Waals surface area contributed by atoms with Crippen LogP contribution in [0.5, 0.6) is 11.5 Å². The number of fused-ring (bicyclic) bond motifs is 1. The lowest BCUT2D eigenvalue weighted by atomic mass is 9.99. The number of carbonyl (C=O) groups is 2. The number of pyridine rings is 1. The number of aromatic nitrogens is 3. The Morgan fingerprint density at radius 3 is 2.54 bits per heavy atom. The molecular formula is C30H32FN7O3. The van der Waals surface area contributed by atoms with Gasteiger partial charge in [-0.2, -0.15) is 5.10 Å². The van der Waals surface area contributed by atoms with Crippen molar-refractivity contribution in [3.63, 3.8) is 0 Å². The number of likely N-dealkylation sites (N-methyl/N-ethyl adjacent to an activating group) is 1. The molecule has 0 radical (unpaired) electrons. The van der Waals surface area contributed by atoms with Gasteiger partial charge in [0, 0.05) is 44.4 Å². The van der Waals surface area contributed by atoms with E-state index in [4.69, 9.17) is 9.84 Å². The van der Waals surface area contributed by atoms with E-state index in [0.717, 1.165) is 30.9 Å². The molecule has 10 nitrogen and oxygen atoms in total. The highest BCUT2D eigenvalue weighted by atomic mass is 19.1. The van der Waals surface area contributed by atoms with Crippen LogP contribution in [0.4, 0.5) is 26.5 Å².